The molecule has 0 bridgehead atoms. The molecule has 6 nitrogen and oxygen atoms in total. The molecule has 1 aliphatic rings. The molecule has 0 spiro atoms. The van der Waals surface area contributed by atoms with Crippen LogP contribution >= 0.6 is 22.9 Å². The van der Waals surface area contributed by atoms with E-state index < -0.39 is 6.03 Å². The molecule has 22 heavy (non-hydrogen) atoms. The van der Waals surface area contributed by atoms with E-state index in [-0.39, 0.29) is 11.9 Å². The molecular formula is C14H13ClN4O2S. The number of halogens is 1. The molecule has 1 aromatic carbocycles. The number of thiazole rings is 1. The molecule has 2 aromatic rings. The molecule has 3 amide bonds. The molecule has 0 aliphatic heterocycles. The van der Waals surface area contributed by atoms with Gasteiger partial charge in [0, 0.05) is 22.1 Å². The highest BCUT2D eigenvalue weighted by Crippen LogP contribution is 2.21. The molecule has 0 unspecified atom stereocenters. The van der Waals surface area contributed by atoms with Gasteiger partial charge in [0.05, 0.1) is 0 Å². The third-order valence-electron chi connectivity index (χ3n) is 2.97. The van der Waals surface area contributed by atoms with Gasteiger partial charge >= 0.3 is 6.03 Å². The Labute approximate surface area is 135 Å². The summed E-state index contributed by atoms with van der Waals surface area (Å²) in [6, 6.07) is 6.60. The SMILES string of the molecule is O=C(Nc1ccc(Cl)cc1)Nc1nc(C(=O)NC2CC2)cs1. The van der Waals surface area contributed by atoms with Crippen LogP contribution in [0.2, 0.25) is 5.02 Å². The fraction of sp³-hybridized carbons (Fsp3) is 0.214. The van der Waals surface area contributed by atoms with Crippen LogP contribution in [0.3, 0.4) is 0 Å². The maximum absolute atomic E-state index is 11.8. The first-order valence-corrected chi connectivity index (χ1v) is 7.96. The Morgan fingerprint density at radius 3 is 2.59 bits per heavy atom. The van der Waals surface area contributed by atoms with E-state index in [4.69, 9.17) is 11.6 Å². The Morgan fingerprint density at radius 2 is 1.91 bits per heavy atom. The van der Waals surface area contributed by atoms with Crippen molar-refractivity contribution in [2.75, 3.05) is 10.6 Å². The van der Waals surface area contributed by atoms with E-state index in [0.29, 0.717) is 21.5 Å². The number of urea groups is 1. The third-order valence-corrected chi connectivity index (χ3v) is 3.98. The van der Waals surface area contributed by atoms with Crippen molar-refractivity contribution in [2.45, 2.75) is 18.9 Å². The zero-order valence-corrected chi connectivity index (χ0v) is 13.0. The average molecular weight is 337 g/mol. The molecule has 114 valence electrons. The summed E-state index contributed by atoms with van der Waals surface area (Å²) >= 11 is 6.98. The summed E-state index contributed by atoms with van der Waals surface area (Å²) in [5.41, 5.74) is 0.934. The monoisotopic (exact) mass is 336 g/mol. The second-order valence-corrected chi connectivity index (χ2v) is 6.17. The van der Waals surface area contributed by atoms with Crippen molar-refractivity contribution in [2.24, 2.45) is 0 Å². The van der Waals surface area contributed by atoms with E-state index in [0.717, 1.165) is 12.8 Å². The highest BCUT2D eigenvalue weighted by atomic mass is 35.5. The molecule has 3 N–H and O–H groups in total. The summed E-state index contributed by atoms with van der Waals surface area (Å²) in [6.45, 7) is 0. The Kier molecular flexibility index (Phi) is 4.26. The van der Waals surface area contributed by atoms with E-state index in [9.17, 15) is 9.59 Å². The van der Waals surface area contributed by atoms with Crippen LogP contribution in [0.25, 0.3) is 0 Å². The van der Waals surface area contributed by atoms with E-state index in [1.54, 1.807) is 29.6 Å². The Balaban J connectivity index is 1.55. The fourth-order valence-electron chi connectivity index (χ4n) is 1.72. The van der Waals surface area contributed by atoms with Gasteiger partial charge in [-0.25, -0.2) is 9.78 Å². The van der Waals surface area contributed by atoms with Crippen molar-refractivity contribution in [3.8, 4) is 0 Å². The number of nitrogens with one attached hydrogen (secondary N) is 3. The molecule has 1 heterocycles. The lowest BCUT2D eigenvalue weighted by molar-refractivity contribution is 0.0947. The Morgan fingerprint density at radius 1 is 1.18 bits per heavy atom. The molecule has 1 aliphatic carbocycles. The van der Waals surface area contributed by atoms with Crippen LogP contribution < -0.4 is 16.0 Å². The number of hydrogen-bond donors (Lipinski definition) is 3. The molecule has 0 radical (unpaired) electrons. The third kappa shape index (κ3) is 3.96. The van der Waals surface area contributed by atoms with Crippen LogP contribution in [0.4, 0.5) is 15.6 Å². The number of hydrogen-bond acceptors (Lipinski definition) is 4. The summed E-state index contributed by atoms with van der Waals surface area (Å²) in [5.74, 6) is -0.204. The first-order valence-electron chi connectivity index (χ1n) is 6.70. The van der Waals surface area contributed by atoms with E-state index in [1.807, 2.05) is 0 Å². The molecular weight excluding hydrogens is 324 g/mol. The maximum Gasteiger partial charge on any atom is 0.325 e. The number of benzene rings is 1. The number of carbonyl (C=O) groups excluding carboxylic acids is 2. The van der Waals surface area contributed by atoms with Crippen LogP contribution in [0.5, 0.6) is 0 Å². The summed E-state index contributed by atoms with van der Waals surface area (Å²) in [7, 11) is 0. The normalized spacial score (nSPS) is 13.5. The van der Waals surface area contributed by atoms with Crippen LogP contribution in [-0.4, -0.2) is 23.0 Å². The van der Waals surface area contributed by atoms with E-state index in [2.05, 4.69) is 20.9 Å². The minimum Gasteiger partial charge on any atom is -0.348 e. The van der Waals surface area contributed by atoms with Gasteiger partial charge in [0.1, 0.15) is 5.69 Å². The van der Waals surface area contributed by atoms with Gasteiger partial charge in [-0.1, -0.05) is 11.6 Å². The van der Waals surface area contributed by atoms with Crippen LogP contribution in [-0.2, 0) is 0 Å². The number of aromatic nitrogens is 1. The quantitative estimate of drug-likeness (QED) is 0.800. The standard InChI is InChI=1S/C14H13ClN4O2S/c15-8-1-3-10(4-2-8)17-13(21)19-14-18-11(7-22-14)12(20)16-9-5-6-9/h1-4,7,9H,5-6H2,(H,16,20)(H2,17,18,19,21). The highest BCUT2D eigenvalue weighted by Gasteiger charge is 2.24. The summed E-state index contributed by atoms with van der Waals surface area (Å²) in [6.07, 6.45) is 2.04. The lowest BCUT2D eigenvalue weighted by atomic mass is 10.3. The number of anilines is 2. The Hall–Kier alpha value is -2.12. The first-order chi connectivity index (χ1) is 10.6. The number of carbonyl (C=O) groups is 2. The zero-order chi connectivity index (χ0) is 15.5. The van der Waals surface area contributed by atoms with Crippen LogP contribution in [0.15, 0.2) is 29.6 Å². The second kappa shape index (κ2) is 6.33. The lowest BCUT2D eigenvalue weighted by Gasteiger charge is -2.05. The van der Waals surface area contributed by atoms with Gasteiger partial charge in [-0.2, -0.15) is 0 Å². The summed E-state index contributed by atoms with van der Waals surface area (Å²) in [5, 5.41) is 10.7. The minimum absolute atomic E-state index is 0.204. The van der Waals surface area contributed by atoms with Gasteiger partial charge in [-0.05, 0) is 37.1 Å². The molecule has 8 heteroatoms. The average Bonchev–Trinajstić information content (AvgIpc) is 3.17. The van der Waals surface area contributed by atoms with E-state index >= 15 is 0 Å². The predicted molar refractivity (Wildman–Crippen MR) is 86.7 cm³/mol. The van der Waals surface area contributed by atoms with Crippen LogP contribution in [0.1, 0.15) is 23.3 Å². The fourth-order valence-corrected chi connectivity index (χ4v) is 2.53. The number of rotatable bonds is 4. The second-order valence-electron chi connectivity index (χ2n) is 4.87. The van der Waals surface area contributed by atoms with Gasteiger partial charge in [0.25, 0.3) is 5.91 Å². The van der Waals surface area contributed by atoms with Crippen molar-refractivity contribution in [3.05, 3.63) is 40.4 Å². The summed E-state index contributed by atoms with van der Waals surface area (Å²) < 4.78 is 0. The predicted octanol–water partition coefficient (Wildman–Crippen LogP) is 3.33. The highest BCUT2D eigenvalue weighted by molar-refractivity contribution is 7.14. The number of amides is 3. The van der Waals surface area contributed by atoms with E-state index in [1.165, 1.54) is 11.3 Å². The zero-order valence-electron chi connectivity index (χ0n) is 11.4. The molecule has 1 fully saturated rings. The summed E-state index contributed by atoms with van der Waals surface area (Å²) in [4.78, 5) is 27.8. The van der Waals surface area contributed by atoms with Crippen molar-refractivity contribution < 1.29 is 9.59 Å². The first kappa shape index (κ1) is 14.8. The lowest BCUT2D eigenvalue weighted by Crippen LogP contribution is -2.25. The molecule has 3 rings (SSSR count). The maximum atomic E-state index is 11.8. The molecule has 0 saturated heterocycles. The van der Waals surface area contributed by atoms with Crippen LogP contribution in [0, 0.1) is 0 Å². The van der Waals surface area contributed by atoms with Gasteiger partial charge < -0.3 is 10.6 Å². The van der Waals surface area contributed by atoms with Crippen molar-refractivity contribution in [1.29, 1.82) is 0 Å². The topological polar surface area (TPSA) is 83.1 Å². The van der Waals surface area contributed by atoms with Gasteiger partial charge in [0.15, 0.2) is 5.13 Å². The smallest absolute Gasteiger partial charge is 0.325 e. The minimum atomic E-state index is -0.425. The van der Waals surface area contributed by atoms with Crippen molar-refractivity contribution in [1.82, 2.24) is 10.3 Å². The van der Waals surface area contributed by atoms with Gasteiger partial charge in [-0.3, -0.25) is 10.1 Å². The largest absolute Gasteiger partial charge is 0.348 e. The Bertz CT molecular complexity index is 697. The van der Waals surface area contributed by atoms with Gasteiger partial charge in [-0.15, -0.1) is 11.3 Å². The number of nitrogens with zero attached hydrogens (tertiary/aromatic N) is 1. The van der Waals surface area contributed by atoms with Crippen molar-refractivity contribution >= 4 is 45.7 Å². The van der Waals surface area contributed by atoms with Gasteiger partial charge in [0.2, 0.25) is 0 Å². The molecule has 1 saturated carbocycles. The molecule has 1 aromatic heterocycles. The molecule has 0 atom stereocenters. The van der Waals surface area contributed by atoms with Crippen molar-refractivity contribution in [3.63, 3.8) is 0 Å².